The summed E-state index contributed by atoms with van der Waals surface area (Å²) in [6.07, 6.45) is 3.24. The maximum absolute atomic E-state index is 12.7. The molecular formula is C33H43N3O6. The number of benzene rings is 2. The van der Waals surface area contributed by atoms with Gasteiger partial charge in [0.1, 0.15) is 11.4 Å². The fraction of sp³-hybridized carbons (Fsp3) is 0.455. The van der Waals surface area contributed by atoms with Gasteiger partial charge >= 0.3 is 6.09 Å². The fourth-order valence-corrected chi connectivity index (χ4v) is 5.17. The van der Waals surface area contributed by atoms with E-state index in [1.54, 1.807) is 21.3 Å². The number of carbonyl (C=O) groups excluding carboxylic acids is 1. The van der Waals surface area contributed by atoms with Gasteiger partial charge in [-0.1, -0.05) is 0 Å². The van der Waals surface area contributed by atoms with E-state index in [0.717, 1.165) is 41.1 Å². The average molecular weight is 578 g/mol. The first-order valence-corrected chi connectivity index (χ1v) is 14.4. The third-order valence-electron chi connectivity index (χ3n) is 7.17. The molecule has 4 rings (SSSR count). The van der Waals surface area contributed by atoms with Gasteiger partial charge in [-0.3, -0.25) is 4.98 Å². The van der Waals surface area contributed by atoms with Crippen LogP contribution in [0.4, 0.5) is 10.5 Å². The topological polar surface area (TPSA) is 82.6 Å². The van der Waals surface area contributed by atoms with E-state index in [2.05, 4.69) is 28.1 Å². The summed E-state index contributed by atoms with van der Waals surface area (Å²) in [5, 5.41) is 0. The zero-order chi connectivity index (χ0) is 30.3. The van der Waals surface area contributed by atoms with Crippen molar-refractivity contribution in [2.75, 3.05) is 45.9 Å². The van der Waals surface area contributed by atoms with Crippen molar-refractivity contribution < 1.29 is 28.5 Å². The number of amides is 1. The van der Waals surface area contributed by atoms with Crippen LogP contribution in [0.1, 0.15) is 46.1 Å². The summed E-state index contributed by atoms with van der Waals surface area (Å²) < 4.78 is 27.9. The molecule has 0 bridgehead atoms. The Morgan fingerprint density at radius 1 is 0.952 bits per heavy atom. The summed E-state index contributed by atoms with van der Waals surface area (Å²) in [6, 6.07) is 16.4. The molecule has 3 aromatic rings. The highest BCUT2D eigenvalue weighted by Gasteiger charge is 2.30. The van der Waals surface area contributed by atoms with E-state index >= 15 is 0 Å². The van der Waals surface area contributed by atoms with Crippen LogP contribution < -0.4 is 23.8 Å². The minimum Gasteiger partial charge on any atom is -0.494 e. The average Bonchev–Trinajstić information content (AvgIpc) is 2.99. The summed E-state index contributed by atoms with van der Waals surface area (Å²) in [5.41, 5.74) is 3.36. The standard InChI is InChI=1S/C33H43N3O6/c1-8-41-27-11-9-25(10-12-27)36(26-14-17-35(18-15-26)32(37)42-33(2,3)4)22-23-13-16-34-28(19-23)24-20-29(38-5)31(40-7)30(21-24)39-6/h9-13,16,19-21,26H,8,14-15,17-18,22H2,1-7H3. The normalized spacial score (nSPS) is 13.8. The van der Waals surface area contributed by atoms with Gasteiger partial charge in [-0.15, -0.1) is 0 Å². The van der Waals surface area contributed by atoms with Crippen molar-refractivity contribution in [3.63, 3.8) is 0 Å². The Hall–Kier alpha value is -4.14. The Balaban J connectivity index is 1.60. The molecule has 42 heavy (non-hydrogen) atoms. The second-order valence-corrected chi connectivity index (χ2v) is 11.2. The molecular weight excluding hydrogens is 534 g/mol. The highest BCUT2D eigenvalue weighted by Crippen LogP contribution is 2.41. The predicted molar refractivity (Wildman–Crippen MR) is 164 cm³/mol. The van der Waals surface area contributed by atoms with Gasteiger partial charge in [-0.05, 0) is 94.6 Å². The molecule has 0 spiro atoms. The zero-order valence-electron chi connectivity index (χ0n) is 25.8. The SMILES string of the molecule is CCOc1ccc(N(Cc2ccnc(-c3cc(OC)c(OC)c(OC)c3)c2)C2CCN(C(=O)OC(C)(C)C)CC2)cc1. The van der Waals surface area contributed by atoms with Crippen molar-refractivity contribution in [3.8, 4) is 34.3 Å². The lowest BCUT2D eigenvalue weighted by Gasteiger charge is -2.40. The Kier molecular flexibility index (Phi) is 10.0. The number of hydrogen-bond donors (Lipinski definition) is 0. The molecule has 226 valence electrons. The van der Waals surface area contributed by atoms with Gasteiger partial charge in [0, 0.05) is 43.1 Å². The quantitative estimate of drug-likeness (QED) is 0.267. The first kappa shape index (κ1) is 30.8. The van der Waals surface area contributed by atoms with Crippen LogP contribution in [0.25, 0.3) is 11.3 Å². The number of nitrogens with zero attached hydrogens (tertiary/aromatic N) is 3. The van der Waals surface area contributed by atoms with Gasteiger partial charge in [-0.2, -0.15) is 0 Å². The maximum atomic E-state index is 12.7. The Morgan fingerprint density at radius 2 is 1.60 bits per heavy atom. The molecule has 1 aliphatic heterocycles. The van der Waals surface area contributed by atoms with Crippen LogP contribution in [-0.4, -0.2) is 68.6 Å². The molecule has 9 nitrogen and oxygen atoms in total. The van der Waals surface area contributed by atoms with E-state index in [4.69, 9.17) is 23.7 Å². The van der Waals surface area contributed by atoms with Crippen LogP contribution in [0, 0.1) is 0 Å². The molecule has 0 aliphatic carbocycles. The lowest BCUT2D eigenvalue weighted by molar-refractivity contribution is 0.0204. The smallest absolute Gasteiger partial charge is 0.410 e. The van der Waals surface area contributed by atoms with Gasteiger partial charge in [0.05, 0.1) is 33.6 Å². The Labute approximate surface area is 249 Å². The largest absolute Gasteiger partial charge is 0.494 e. The minimum atomic E-state index is -0.515. The number of methoxy groups -OCH3 is 3. The molecule has 0 N–H and O–H groups in total. The van der Waals surface area contributed by atoms with Crippen molar-refractivity contribution >= 4 is 11.8 Å². The third kappa shape index (κ3) is 7.57. The van der Waals surface area contributed by atoms with E-state index in [0.29, 0.717) is 43.5 Å². The zero-order valence-corrected chi connectivity index (χ0v) is 25.8. The van der Waals surface area contributed by atoms with E-state index in [1.807, 2.05) is 69.1 Å². The number of hydrogen-bond acceptors (Lipinski definition) is 8. The van der Waals surface area contributed by atoms with Crippen LogP contribution >= 0.6 is 0 Å². The number of ether oxygens (including phenoxy) is 5. The number of aromatic nitrogens is 1. The van der Waals surface area contributed by atoms with Crippen LogP contribution in [0.15, 0.2) is 54.7 Å². The predicted octanol–water partition coefficient (Wildman–Crippen LogP) is 6.58. The molecule has 0 atom stereocenters. The highest BCUT2D eigenvalue weighted by molar-refractivity contribution is 5.69. The molecule has 1 fully saturated rings. The molecule has 1 aliphatic rings. The Morgan fingerprint density at radius 3 is 2.14 bits per heavy atom. The molecule has 1 aromatic heterocycles. The second-order valence-electron chi connectivity index (χ2n) is 11.2. The number of carbonyl (C=O) groups is 1. The summed E-state index contributed by atoms with van der Waals surface area (Å²) in [6.45, 7) is 10.2. The summed E-state index contributed by atoms with van der Waals surface area (Å²) in [4.78, 5) is 21.6. The lowest BCUT2D eigenvalue weighted by atomic mass is 10.0. The first-order valence-electron chi connectivity index (χ1n) is 14.4. The van der Waals surface area contributed by atoms with Crippen molar-refractivity contribution in [2.24, 2.45) is 0 Å². The summed E-state index contributed by atoms with van der Waals surface area (Å²) >= 11 is 0. The van der Waals surface area contributed by atoms with Crippen LogP contribution in [0.5, 0.6) is 23.0 Å². The monoisotopic (exact) mass is 577 g/mol. The number of piperidine rings is 1. The Bertz CT molecular complexity index is 1310. The molecule has 9 heteroatoms. The summed E-state index contributed by atoms with van der Waals surface area (Å²) in [5.74, 6) is 2.53. The fourth-order valence-electron chi connectivity index (χ4n) is 5.17. The number of rotatable bonds is 10. The molecule has 0 radical (unpaired) electrons. The van der Waals surface area contributed by atoms with Crippen LogP contribution in [-0.2, 0) is 11.3 Å². The molecule has 2 heterocycles. The molecule has 0 saturated carbocycles. The number of pyridine rings is 1. The van der Waals surface area contributed by atoms with Gasteiger partial charge in [-0.25, -0.2) is 4.79 Å². The third-order valence-corrected chi connectivity index (χ3v) is 7.17. The lowest BCUT2D eigenvalue weighted by Crippen LogP contribution is -2.48. The van der Waals surface area contributed by atoms with Crippen molar-refractivity contribution in [3.05, 3.63) is 60.3 Å². The van der Waals surface area contributed by atoms with Crippen LogP contribution in [0.3, 0.4) is 0 Å². The molecule has 1 amide bonds. The van der Waals surface area contributed by atoms with Gasteiger partial charge in [0.15, 0.2) is 11.5 Å². The van der Waals surface area contributed by atoms with Gasteiger partial charge < -0.3 is 33.5 Å². The van der Waals surface area contributed by atoms with Crippen LogP contribution in [0.2, 0.25) is 0 Å². The van der Waals surface area contributed by atoms with Gasteiger partial charge in [0.2, 0.25) is 5.75 Å². The molecule has 2 aromatic carbocycles. The van der Waals surface area contributed by atoms with E-state index < -0.39 is 5.60 Å². The van der Waals surface area contributed by atoms with Crippen molar-refractivity contribution in [2.45, 2.75) is 58.7 Å². The maximum Gasteiger partial charge on any atom is 0.410 e. The van der Waals surface area contributed by atoms with Gasteiger partial charge in [0.25, 0.3) is 0 Å². The van der Waals surface area contributed by atoms with E-state index in [1.165, 1.54) is 0 Å². The first-order chi connectivity index (χ1) is 20.1. The molecule has 1 saturated heterocycles. The summed E-state index contributed by atoms with van der Waals surface area (Å²) in [7, 11) is 4.80. The second kappa shape index (κ2) is 13.7. The van der Waals surface area contributed by atoms with Crippen molar-refractivity contribution in [1.29, 1.82) is 0 Å². The van der Waals surface area contributed by atoms with E-state index in [9.17, 15) is 4.79 Å². The number of likely N-dealkylation sites (tertiary alicyclic amines) is 1. The highest BCUT2D eigenvalue weighted by atomic mass is 16.6. The number of anilines is 1. The molecule has 0 unspecified atom stereocenters. The minimum absolute atomic E-state index is 0.236. The van der Waals surface area contributed by atoms with Crippen molar-refractivity contribution in [1.82, 2.24) is 9.88 Å². The van der Waals surface area contributed by atoms with E-state index in [-0.39, 0.29) is 12.1 Å².